The summed E-state index contributed by atoms with van der Waals surface area (Å²) in [7, 11) is 0. The number of hydrogen-bond acceptors (Lipinski definition) is 1. The summed E-state index contributed by atoms with van der Waals surface area (Å²) in [5, 5.41) is 5.43. The van der Waals surface area contributed by atoms with Crippen molar-refractivity contribution in [3.8, 4) is 66.8 Å². The van der Waals surface area contributed by atoms with Crippen molar-refractivity contribution in [1.82, 2.24) is 0 Å². The third-order valence-corrected chi connectivity index (χ3v) is 11.4. The lowest BCUT2D eigenvalue weighted by atomic mass is 9.91. The van der Waals surface area contributed by atoms with Gasteiger partial charge in [-0.2, -0.15) is 0 Å². The summed E-state index contributed by atoms with van der Waals surface area (Å²) in [6.45, 7) is 2.19. The number of nitrogens with two attached hydrogens (primary N) is 1. The Morgan fingerprint density at radius 3 is 1.60 bits per heavy atom. The Morgan fingerprint density at radius 1 is 0.418 bits per heavy atom. The molecule has 260 valence electrons. The molecule has 0 heterocycles. The van der Waals surface area contributed by atoms with Crippen LogP contribution in [0, 0.1) is 6.92 Å². The highest BCUT2D eigenvalue weighted by Gasteiger charge is 2.23. The van der Waals surface area contributed by atoms with Crippen molar-refractivity contribution in [3.05, 3.63) is 210 Å². The Labute approximate surface area is 322 Å². The predicted molar refractivity (Wildman–Crippen MR) is 235 cm³/mol. The van der Waals surface area contributed by atoms with Gasteiger partial charge in [0.05, 0.1) is 0 Å². The van der Waals surface area contributed by atoms with Crippen LogP contribution in [-0.4, -0.2) is 0 Å². The standard InChI is InChI=1S/C38H29N.C16H10/c1-25-21-30(28-15-13-26(14-16-28)23-29-8-3-2-7-27(29)19-20-39)24-31(22-25)32-17-18-37-34-10-5-4-9-33(34)36-12-6-11-35(32)38(36)37;1-2-8-13-12(7-1)14-9-3-5-11-6-4-10-15(13)16(11)14/h2-22,24H,23,39H2,1H3;1-10H/b20-19-;. The second kappa shape index (κ2) is 13.5. The zero-order chi connectivity index (χ0) is 36.9. The van der Waals surface area contributed by atoms with Crippen LogP contribution in [0.3, 0.4) is 0 Å². The van der Waals surface area contributed by atoms with E-state index in [0.717, 1.165) is 6.42 Å². The number of aryl methyl sites for hydroxylation is 1. The van der Waals surface area contributed by atoms with Gasteiger partial charge in [0, 0.05) is 0 Å². The Hall–Kier alpha value is -6.96. The first-order valence-corrected chi connectivity index (χ1v) is 19.1. The van der Waals surface area contributed by atoms with Crippen molar-refractivity contribution in [2.75, 3.05) is 0 Å². The Morgan fingerprint density at radius 2 is 0.945 bits per heavy atom. The molecule has 2 aliphatic carbocycles. The van der Waals surface area contributed by atoms with Crippen molar-refractivity contribution in [3.63, 3.8) is 0 Å². The zero-order valence-corrected chi connectivity index (χ0v) is 30.8. The summed E-state index contributed by atoms with van der Waals surface area (Å²) in [6.07, 6.45) is 4.46. The van der Waals surface area contributed by atoms with Gasteiger partial charge in [-0.25, -0.2) is 0 Å². The molecule has 11 rings (SSSR count). The van der Waals surface area contributed by atoms with Crippen LogP contribution < -0.4 is 5.73 Å². The lowest BCUT2D eigenvalue weighted by molar-refractivity contribution is 1.18. The van der Waals surface area contributed by atoms with Gasteiger partial charge in [0.1, 0.15) is 0 Å². The first kappa shape index (κ1) is 32.7. The van der Waals surface area contributed by atoms with Gasteiger partial charge in [0.2, 0.25) is 0 Å². The topological polar surface area (TPSA) is 26.0 Å². The molecule has 0 aliphatic heterocycles. The first-order chi connectivity index (χ1) is 27.1. The van der Waals surface area contributed by atoms with Crippen LogP contribution in [0.2, 0.25) is 0 Å². The van der Waals surface area contributed by atoms with E-state index >= 15 is 0 Å². The fourth-order valence-electron chi connectivity index (χ4n) is 8.90. The van der Waals surface area contributed by atoms with E-state index in [9.17, 15) is 0 Å². The summed E-state index contributed by atoms with van der Waals surface area (Å²) >= 11 is 0. The SMILES string of the molecule is Cc1cc(-c2ccc(Cc3ccccc3/C=C\N)cc2)cc(-c2ccc3c4c(cccc24)-c2ccccc2-3)c1.c1ccc2c(c1)-c1cccc3cccc-2c13. The van der Waals surface area contributed by atoms with Gasteiger partial charge in [-0.3, -0.25) is 0 Å². The second-order valence-corrected chi connectivity index (χ2v) is 14.7. The molecule has 0 unspecified atom stereocenters. The minimum atomic E-state index is 0.878. The van der Waals surface area contributed by atoms with Crippen LogP contribution in [0.4, 0.5) is 0 Å². The maximum atomic E-state index is 5.66. The predicted octanol–water partition coefficient (Wildman–Crippen LogP) is 14.1. The van der Waals surface area contributed by atoms with Crippen LogP contribution in [0.5, 0.6) is 0 Å². The first-order valence-electron chi connectivity index (χ1n) is 19.1. The van der Waals surface area contributed by atoms with E-state index in [-0.39, 0.29) is 0 Å². The van der Waals surface area contributed by atoms with Crippen LogP contribution in [0.15, 0.2) is 188 Å². The molecule has 0 amide bonds. The Balaban J connectivity index is 0.000000192. The molecule has 0 aromatic heterocycles. The summed E-state index contributed by atoms with van der Waals surface area (Å²) in [6, 6.07) is 66.2. The molecule has 2 N–H and O–H groups in total. The average Bonchev–Trinajstić information content (AvgIpc) is 3.74. The van der Waals surface area contributed by atoms with Gasteiger partial charge in [-0.15, -0.1) is 0 Å². The van der Waals surface area contributed by atoms with Gasteiger partial charge in [-0.05, 0) is 142 Å². The molecular weight excluding hydrogens is 663 g/mol. The fraction of sp³-hybridized carbons (Fsp3) is 0.0370. The lowest BCUT2D eigenvalue weighted by Gasteiger charge is -2.13. The van der Waals surface area contributed by atoms with Crippen molar-refractivity contribution >= 4 is 27.6 Å². The van der Waals surface area contributed by atoms with Crippen LogP contribution in [0.1, 0.15) is 22.3 Å². The van der Waals surface area contributed by atoms with Gasteiger partial charge in [0.25, 0.3) is 0 Å². The molecule has 2 aliphatic rings. The highest BCUT2D eigenvalue weighted by atomic mass is 14.5. The Kier molecular flexibility index (Phi) is 8.00. The van der Waals surface area contributed by atoms with E-state index in [0.29, 0.717) is 0 Å². The quantitative estimate of drug-likeness (QED) is 0.190. The summed E-state index contributed by atoms with van der Waals surface area (Å²) in [5.41, 5.74) is 26.5. The average molecular weight is 702 g/mol. The number of hydrogen-bond donors (Lipinski definition) is 1. The van der Waals surface area contributed by atoms with Gasteiger partial charge in [0.15, 0.2) is 0 Å². The van der Waals surface area contributed by atoms with E-state index < -0.39 is 0 Å². The smallest absolute Gasteiger partial charge is 0.00198 e. The van der Waals surface area contributed by atoms with E-state index in [4.69, 9.17) is 5.73 Å². The highest BCUT2D eigenvalue weighted by molar-refractivity contribution is 6.19. The second-order valence-electron chi connectivity index (χ2n) is 14.7. The normalized spacial score (nSPS) is 11.8. The van der Waals surface area contributed by atoms with Crippen molar-refractivity contribution in [2.45, 2.75) is 13.3 Å². The van der Waals surface area contributed by atoms with Gasteiger partial charge in [-0.1, -0.05) is 176 Å². The van der Waals surface area contributed by atoms with Crippen molar-refractivity contribution in [2.24, 2.45) is 5.73 Å². The van der Waals surface area contributed by atoms with Crippen molar-refractivity contribution < 1.29 is 0 Å². The molecule has 0 fully saturated rings. The van der Waals surface area contributed by atoms with E-state index in [1.807, 2.05) is 6.08 Å². The van der Waals surface area contributed by atoms with Gasteiger partial charge >= 0.3 is 0 Å². The minimum absolute atomic E-state index is 0.878. The van der Waals surface area contributed by atoms with Crippen LogP contribution >= 0.6 is 0 Å². The zero-order valence-electron chi connectivity index (χ0n) is 30.8. The van der Waals surface area contributed by atoms with E-state index in [1.165, 1.54) is 111 Å². The highest BCUT2D eigenvalue weighted by Crippen LogP contribution is 2.50. The largest absolute Gasteiger partial charge is 0.405 e. The van der Waals surface area contributed by atoms with E-state index in [1.54, 1.807) is 6.20 Å². The fourth-order valence-corrected chi connectivity index (χ4v) is 8.90. The minimum Gasteiger partial charge on any atom is -0.405 e. The summed E-state index contributed by atoms with van der Waals surface area (Å²) in [5.74, 6) is 0. The maximum Gasteiger partial charge on any atom is -0.00198 e. The third-order valence-electron chi connectivity index (χ3n) is 11.4. The van der Waals surface area contributed by atoms with Crippen LogP contribution in [-0.2, 0) is 6.42 Å². The van der Waals surface area contributed by atoms with Gasteiger partial charge < -0.3 is 5.73 Å². The molecule has 0 saturated heterocycles. The Bertz CT molecular complexity index is 2880. The summed E-state index contributed by atoms with van der Waals surface area (Å²) < 4.78 is 0. The third kappa shape index (κ3) is 5.64. The number of fused-ring (bicyclic) bond motifs is 6. The van der Waals surface area contributed by atoms with Crippen molar-refractivity contribution in [1.29, 1.82) is 0 Å². The molecule has 0 spiro atoms. The maximum absolute atomic E-state index is 5.66. The molecular formula is C54H39N. The molecule has 9 aromatic carbocycles. The van der Waals surface area contributed by atoms with E-state index in [2.05, 4.69) is 189 Å². The molecule has 0 bridgehead atoms. The molecule has 0 atom stereocenters. The monoisotopic (exact) mass is 701 g/mol. The molecule has 1 heteroatoms. The molecule has 1 nitrogen and oxygen atoms in total. The molecule has 9 aromatic rings. The van der Waals surface area contributed by atoms with Crippen LogP contribution in [0.25, 0.3) is 94.4 Å². The summed E-state index contributed by atoms with van der Waals surface area (Å²) in [4.78, 5) is 0. The molecule has 0 saturated carbocycles. The lowest BCUT2D eigenvalue weighted by Crippen LogP contribution is -1.92. The number of benzene rings is 9. The molecule has 55 heavy (non-hydrogen) atoms. The number of rotatable bonds is 5. The molecule has 0 radical (unpaired) electrons.